The van der Waals surface area contributed by atoms with E-state index in [1.165, 1.54) is 19.2 Å². The Labute approximate surface area is 238 Å². The van der Waals surface area contributed by atoms with E-state index in [-0.39, 0.29) is 46.4 Å². The number of nitrogens with zero attached hydrogens (tertiary/aromatic N) is 3. The summed E-state index contributed by atoms with van der Waals surface area (Å²) in [6.45, 7) is 2.53. The van der Waals surface area contributed by atoms with Crippen molar-refractivity contribution in [1.82, 2.24) is 20.2 Å². The molecule has 13 heteroatoms. The predicted molar refractivity (Wildman–Crippen MR) is 146 cm³/mol. The Hall–Kier alpha value is -4.49. The molecule has 220 valence electrons. The van der Waals surface area contributed by atoms with Crippen LogP contribution in [0.5, 0.6) is 5.75 Å². The molecule has 1 fully saturated rings. The number of oxazole rings is 1. The van der Waals surface area contributed by atoms with Gasteiger partial charge < -0.3 is 30.2 Å². The molecule has 0 radical (unpaired) electrons. The number of nitrogens with one attached hydrogen (secondary N) is 1. The van der Waals surface area contributed by atoms with Crippen molar-refractivity contribution in [2.75, 3.05) is 20.2 Å². The van der Waals surface area contributed by atoms with Crippen LogP contribution in [0.2, 0.25) is 0 Å². The largest absolute Gasteiger partial charge is 0.494 e. The molecule has 1 aliphatic heterocycles. The van der Waals surface area contributed by atoms with E-state index in [1.54, 1.807) is 42.2 Å². The van der Waals surface area contributed by atoms with Crippen LogP contribution in [0.4, 0.5) is 13.2 Å². The molecule has 0 spiro atoms. The molecule has 3 heterocycles. The van der Waals surface area contributed by atoms with E-state index in [4.69, 9.17) is 14.9 Å². The van der Waals surface area contributed by atoms with Gasteiger partial charge in [0.1, 0.15) is 17.0 Å². The second-order valence-corrected chi connectivity index (χ2v) is 10.00. The molecular weight excluding hydrogens is 555 g/mol. The topological polar surface area (TPSA) is 144 Å². The third-order valence-corrected chi connectivity index (χ3v) is 6.95. The summed E-state index contributed by atoms with van der Waals surface area (Å²) in [5, 5.41) is 12.7. The van der Waals surface area contributed by atoms with Gasteiger partial charge in [-0.15, -0.1) is 0 Å². The van der Waals surface area contributed by atoms with Crippen molar-refractivity contribution in [2.24, 2.45) is 5.73 Å². The highest BCUT2D eigenvalue weighted by Gasteiger charge is 2.33. The van der Waals surface area contributed by atoms with E-state index in [2.05, 4.69) is 15.3 Å². The van der Waals surface area contributed by atoms with Gasteiger partial charge in [-0.3, -0.25) is 9.59 Å². The molecule has 1 saturated heterocycles. The number of carbonyl (C=O) groups excluding carboxylic acids is 2. The number of nitrogens with two attached hydrogens (primary N) is 1. The maximum Gasteiger partial charge on any atom is 0.433 e. The van der Waals surface area contributed by atoms with Gasteiger partial charge in [0.15, 0.2) is 11.5 Å². The highest BCUT2D eigenvalue weighted by molar-refractivity contribution is 5.98. The quantitative estimate of drug-likeness (QED) is 0.295. The fourth-order valence-corrected chi connectivity index (χ4v) is 4.76. The number of ether oxygens (including phenoxy) is 1. The first-order valence-electron chi connectivity index (χ1n) is 13.1. The normalized spacial score (nSPS) is 16.1. The van der Waals surface area contributed by atoms with E-state index in [0.29, 0.717) is 30.6 Å². The molecule has 2 aromatic carbocycles. The average molecular weight is 584 g/mol. The number of aliphatic hydroxyl groups is 1. The highest BCUT2D eigenvalue weighted by atomic mass is 19.4. The molecule has 2 atom stereocenters. The molecule has 0 aliphatic carbocycles. The van der Waals surface area contributed by atoms with E-state index in [9.17, 15) is 27.9 Å². The number of alkyl halides is 3. The summed E-state index contributed by atoms with van der Waals surface area (Å²) in [5.74, 6) is -0.535. The molecule has 0 saturated carbocycles. The standard InChI is InChI=1S/C29H28F3N5O5/c1-15(33)25-24(26(39)34-13-16-3-5-17(6-4-16)28(40)37-12-11-18(38)14-37)36-27(42-25)20-7-9-21(41-2)23-19(20)8-10-22(35-23)29(30,31)32/h3-10,15,18,38H,11-14,33H2,1-2H3,(H,34,39)/t15-,18-/m0/s1. The lowest BCUT2D eigenvalue weighted by Gasteiger charge is -2.15. The number of amides is 2. The SMILES string of the molecule is COc1ccc(-c2nc(C(=O)NCc3ccc(C(=O)N4CC[C@H](O)C4)cc3)c([C@H](C)N)o2)c2ccc(C(F)(F)F)nc12. The Morgan fingerprint density at radius 3 is 2.52 bits per heavy atom. The number of hydrogen-bond donors (Lipinski definition) is 3. The summed E-state index contributed by atoms with van der Waals surface area (Å²) in [4.78, 5) is 35.5. The van der Waals surface area contributed by atoms with Crippen LogP contribution in [0.1, 0.15) is 57.3 Å². The minimum atomic E-state index is -4.65. The van der Waals surface area contributed by atoms with Crippen LogP contribution < -0.4 is 15.8 Å². The lowest BCUT2D eigenvalue weighted by Crippen LogP contribution is -2.29. The van der Waals surface area contributed by atoms with Crippen molar-refractivity contribution in [2.45, 2.75) is 38.2 Å². The number of likely N-dealkylation sites (tertiary alicyclic amines) is 1. The Bertz CT molecular complexity index is 1640. The van der Waals surface area contributed by atoms with Crippen molar-refractivity contribution in [3.05, 3.63) is 76.8 Å². The zero-order valence-electron chi connectivity index (χ0n) is 22.7. The molecule has 1 aliphatic rings. The van der Waals surface area contributed by atoms with Crippen molar-refractivity contribution in [3.63, 3.8) is 0 Å². The number of aliphatic hydroxyl groups excluding tert-OH is 1. The lowest BCUT2D eigenvalue weighted by atomic mass is 10.1. The third kappa shape index (κ3) is 5.78. The van der Waals surface area contributed by atoms with E-state index in [0.717, 1.165) is 11.6 Å². The van der Waals surface area contributed by atoms with Crippen LogP contribution in [-0.2, 0) is 12.7 Å². The maximum atomic E-state index is 13.3. The van der Waals surface area contributed by atoms with Gasteiger partial charge in [-0.2, -0.15) is 13.2 Å². The summed E-state index contributed by atoms with van der Waals surface area (Å²) >= 11 is 0. The molecule has 2 aromatic heterocycles. The van der Waals surface area contributed by atoms with Crippen LogP contribution in [0.25, 0.3) is 22.4 Å². The molecule has 2 amide bonds. The minimum Gasteiger partial charge on any atom is -0.494 e. The second kappa shape index (κ2) is 11.4. The molecule has 42 heavy (non-hydrogen) atoms. The summed E-state index contributed by atoms with van der Waals surface area (Å²) < 4.78 is 51.0. The van der Waals surface area contributed by atoms with Crippen molar-refractivity contribution < 1.29 is 37.0 Å². The Morgan fingerprint density at radius 2 is 1.90 bits per heavy atom. The molecule has 5 rings (SSSR count). The Morgan fingerprint density at radius 1 is 1.17 bits per heavy atom. The summed E-state index contributed by atoms with van der Waals surface area (Å²) in [6, 6.07) is 11.1. The van der Waals surface area contributed by atoms with Crippen LogP contribution >= 0.6 is 0 Å². The predicted octanol–water partition coefficient (Wildman–Crippen LogP) is 4.07. The van der Waals surface area contributed by atoms with Gasteiger partial charge in [-0.05, 0) is 55.3 Å². The number of fused-ring (bicyclic) bond motifs is 1. The molecule has 0 unspecified atom stereocenters. The molecule has 0 bridgehead atoms. The van der Waals surface area contributed by atoms with E-state index >= 15 is 0 Å². The first-order valence-corrected chi connectivity index (χ1v) is 13.1. The highest BCUT2D eigenvalue weighted by Crippen LogP contribution is 2.37. The number of methoxy groups -OCH3 is 1. The van der Waals surface area contributed by atoms with Crippen LogP contribution in [0, 0.1) is 0 Å². The number of carbonyl (C=O) groups is 2. The number of rotatable bonds is 7. The van der Waals surface area contributed by atoms with Gasteiger partial charge in [0, 0.05) is 36.1 Å². The molecule has 10 nitrogen and oxygen atoms in total. The minimum absolute atomic E-state index is 0.0171. The van der Waals surface area contributed by atoms with Gasteiger partial charge in [-0.1, -0.05) is 12.1 Å². The molecule has 4 aromatic rings. The number of aromatic nitrogens is 2. The first kappa shape index (κ1) is 29.0. The molecular formula is C29H28F3N5O5. The summed E-state index contributed by atoms with van der Waals surface area (Å²) in [7, 11) is 1.32. The number of β-amino-alcohol motifs (C(OH)–C–C–N with tert-alkyl or cyclic N) is 1. The van der Waals surface area contributed by atoms with Crippen LogP contribution in [0.3, 0.4) is 0 Å². The monoisotopic (exact) mass is 583 g/mol. The summed E-state index contributed by atoms with van der Waals surface area (Å²) in [6.07, 6.45) is -4.61. The van der Waals surface area contributed by atoms with Gasteiger partial charge >= 0.3 is 6.18 Å². The smallest absolute Gasteiger partial charge is 0.433 e. The first-order chi connectivity index (χ1) is 20.0. The lowest BCUT2D eigenvalue weighted by molar-refractivity contribution is -0.140. The van der Waals surface area contributed by atoms with E-state index < -0.39 is 29.9 Å². The summed E-state index contributed by atoms with van der Waals surface area (Å²) in [5.41, 5.74) is 6.37. The third-order valence-electron chi connectivity index (χ3n) is 6.95. The van der Waals surface area contributed by atoms with Crippen LogP contribution in [0.15, 0.2) is 52.9 Å². The molecule has 4 N–H and O–H groups in total. The van der Waals surface area contributed by atoms with Gasteiger partial charge in [0.2, 0.25) is 5.89 Å². The van der Waals surface area contributed by atoms with Crippen molar-refractivity contribution in [1.29, 1.82) is 0 Å². The Kier molecular flexibility index (Phi) is 7.89. The number of hydrogen-bond acceptors (Lipinski definition) is 8. The van der Waals surface area contributed by atoms with Crippen molar-refractivity contribution in [3.8, 4) is 17.2 Å². The number of pyridine rings is 1. The fraction of sp³-hybridized carbons (Fsp3) is 0.310. The van der Waals surface area contributed by atoms with Gasteiger partial charge in [0.05, 0.1) is 19.3 Å². The average Bonchev–Trinajstić information content (AvgIpc) is 3.61. The van der Waals surface area contributed by atoms with E-state index in [1.807, 2.05) is 0 Å². The van der Waals surface area contributed by atoms with Gasteiger partial charge in [0.25, 0.3) is 11.8 Å². The van der Waals surface area contributed by atoms with Crippen LogP contribution in [-0.4, -0.2) is 58.1 Å². The number of benzene rings is 2. The van der Waals surface area contributed by atoms with Crippen molar-refractivity contribution >= 4 is 22.7 Å². The zero-order valence-corrected chi connectivity index (χ0v) is 22.7. The van der Waals surface area contributed by atoms with Gasteiger partial charge in [-0.25, -0.2) is 9.97 Å². The zero-order chi connectivity index (χ0) is 30.2. The Balaban J connectivity index is 1.38. The maximum absolute atomic E-state index is 13.3. The fourth-order valence-electron chi connectivity index (χ4n) is 4.76. The second-order valence-electron chi connectivity index (χ2n) is 10.00. The number of halogens is 3.